The Bertz CT molecular complexity index is 1310. The summed E-state index contributed by atoms with van der Waals surface area (Å²) in [5.74, 6) is 1.51. The first kappa shape index (κ1) is 24.4. The molecule has 0 aliphatic carbocycles. The summed E-state index contributed by atoms with van der Waals surface area (Å²) < 4.78 is 1.85. The number of benzene rings is 2. The van der Waals surface area contributed by atoms with Crippen LogP contribution < -0.4 is 10.2 Å². The van der Waals surface area contributed by atoms with Crippen LogP contribution in [0, 0.1) is 0 Å². The van der Waals surface area contributed by atoms with Crippen LogP contribution in [0.1, 0.15) is 44.0 Å². The van der Waals surface area contributed by atoms with Crippen LogP contribution in [0.5, 0.6) is 5.88 Å². The predicted octanol–water partition coefficient (Wildman–Crippen LogP) is 5.71. The fourth-order valence-corrected chi connectivity index (χ4v) is 4.90. The Balaban J connectivity index is 1.61. The molecule has 1 aliphatic heterocycles. The average molecular weight is 505 g/mol. The summed E-state index contributed by atoms with van der Waals surface area (Å²) in [6.07, 6.45) is 1.94. The van der Waals surface area contributed by atoms with Crippen molar-refractivity contribution in [2.75, 3.05) is 42.9 Å². The molecule has 1 atom stereocenters. The van der Waals surface area contributed by atoms with Gasteiger partial charge in [-0.15, -0.1) is 0 Å². The Morgan fingerprint density at radius 2 is 1.61 bits per heavy atom. The van der Waals surface area contributed by atoms with Crippen LogP contribution >= 0.6 is 11.6 Å². The molecule has 0 spiro atoms. The number of fused-ring (bicyclic) bond motifs is 1. The fraction of sp³-hybridized carbons (Fsp3) is 0.357. The third-order valence-electron chi connectivity index (χ3n) is 6.93. The highest BCUT2D eigenvalue weighted by atomic mass is 35.5. The number of hydrogen-bond acceptors (Lipinski definition) is 6. The van der Waals surface area contributed by atoms with Gasteiger partial charge < -0.3 is 24.8 Å². The summed E-state index contributed by atoms with van der Waals surface area (Å²) in [5.41, 5.74) is 2.75. The van der Waals surface area contributed by atoms with E-state index in [0.29, 0.717) is 22.3 Å². The molecule has 1 fully saturated rings. The van der Waals surface area contributed by atoms with Crippen molar-refractivity contribution in [1.82, 2.24) is 19.4 Å². The van der Waals surface area contributed by atoms with E-state index >= 15 is 0 Å². The molecule has 188 valence electrons. The van der Waals surface area contributed by atoms with E-state index in [1.807, 2.05) is 67.1 Å². The first-order chi connectivity index (χ1) is 17.4. The molecule has 0 saturated carbocycles. The van der Waals surface area contributed by atoms with Gasteiger partial charge in [-0.2, -0.15) is 4.98 Å². The van der Waals surface area contributed by atoms with Gasteiger partial charge in [0.1, 0.15) is 11.3 Å². The lowest BCUT2D eigenvalue weighted by atomic mass is 9.98. The minimum absolute atomic E-state index is 0.0878. The zero-order valence-corrected chi connectivity index (χ0v) is 21.8. The van der Waals surface area contributed by atoms with Crippen molar-refractivity contribution in [1.29, 1.82) is 0 Å². The van der Waals surface area contributed by atoms with Gasteiger partial charge in [0.05, 0.1) is 11.4 Å². The molecule has 0 bridgehead atoms. The molecular weight excluding hydrogens is 472 g/mol. The molecule has 4 aromatic rings. The number of anilines is 2. The molecule has 7 nitrogen and oxygen atoms in total. The molecule has 5 rings (SSSR count). The summed E-state index contributed by atoms with van der Waals surface area (Å²) in [4.78, 5) is 14.5. The number of nitrogens with one attached hydrogen (secondary N) is 1. The Morgan fingerprint density at radius 1 is 0.944 bits per heavy atom. The molecule has 0 radical (unpaired) electrons. The maximum Gasteiger partial charge on any atom is 0.228 e. The van der Waals surface area contributed by atoms with Gasteiger partial charge in [-0.3, -0.25) is 0 Å². The van der Waals surface area contributed by atoms with Crippen molar-refractivity contribution in [3.63, 3.8) is 0 Å². The lowest BCUT2D eigenvalue weighted by Gasteiger charge is -2.34. The van der Waals surface area contributed by atoms with Crippen molar-refractivity contribution < 1.29 is 5.11 Å². The van der Waals surface area contributed by atoms with Crippen LogP contribution in [0.25, 0.3) is 10.9 Å². The predicted molar refractivity (Wildman–Crippen MR) is 147 cm³/mol. The van der Waals surface area contributed by atoms with E-state index in [1.54, 1.807) is 0 Å². The van der Waals surface area contributed by atoms with Crippen molar-refractivity contribution in [2.45, 2.75) is 32.9 Å². The van der Waals surface area contributed by atoms with E-state index in [-0.39, 0.29) is 18.0 Å². The number of rotatable bonds is 7. The Kier molecular flexibility index (Phi) is 7.03. The summed E-state index contributed by atoms with van der Waals surface area (Å²) in [6.45, 7) is 11.0. The molecule has 1 unspecified atom stereocenters. The van der Waals surface area contributed by atoms with E-state index in [4.69, 9.17) is 21.6 Å². The van der Waals surface area contributed by atoms with Crippen molar-refractivity contribution in [2.24, 2.45) is 0 Å². The topological polar surface area (TPSA) is 69.5 Å². The molecule has 3 heterocycles. The van der Waals surface area contributed by atoms with E-state index < -0.39 is 0 Å². The van der Waals surface area contributed by atoms with E-state index in [1.165, 1.54) is 0 Å². The standard InChI is InChI=1S/C28H33ClN6O/c1-4-33-14-16-34(17-15-33)28-31-25-23(18-35(19(2)3)27(25)36)26(32-28)30-24(20-8-6-5-7-9-20)21-10-12-22(29)13-11-21/h5-13,18-19,24,36H,4,14-17H2,1-3H3,(H,30,31,32). The summed E-state index contributed by atoms with van der Waals surface area (Å²) in [7, 11) is 0. The monoisotopic (exact) mass is 504 g/mol. The fourth-order valence-electron chi connectivity index (χ4n) is 4.78. The highest BCUT2D eigenvalue weighted by Crippen LogP contribution is 2.36. The quantitative estimate of drug-likeness (QED) is 0.336. The molecular formula is C28H33ClN6O. The van der Waals surface area contributed by atoms with Gasteiger partial charge in [0.25, 0.3) is 0 Å². The number of aromatic hydroxyl groups is 1. The molecule has 2 aromatic carbocycles. The minimum atomic E-state index is -0.157. The van der Waals surface area contributed by atoms with Crippen LogP contribution in [0.15, 0.2) is 60.8 Å². The lowest BCUT2D eigenvalue weighted by Crippen LogP contribution is -2.46. The largest absolute Gasteiger partial charge is 0.493 e. The van der Waals surface area contributed by atoms with Gasteiger partial charge >= 0.3 is 0 Å². The Hall–Kier alpha value is -3.29. The Labute approximate surface area is 217 Å². The lowest BCUT2D eigenvalue weighted by molar-refractivity contribution is 0.270. The van der Waals surface area contributed by atoms with E-state index in [2.05, 4.69) is 34.2 Å². The molecule has 1 aliphatic rings. The van der Waals surface area contributed by atoms with Crippen LogP contribution in [-0.2, 0) is 0 Å². The SMILES string of the molecule is CCN1CCN(c2nc(NC(c3ccccc3)c3ccc(Cl)cc3)c3cn(C(C)C)c(O)c3n2)CC1. The van der Waals surface area contributed by atoms with Gasteiger partial charge in [-0.05, 0) is 43.7 Å². The summed E-state index contributed by atoms with van der Waals surface area (Å²) >= 11 is 6.20. The zero-order chi connectivity index (χ0) is 25.2. The number of hydrogen-bond donors (Lipinski definition) is 2. The first-order valence-corrected chi connectivity index (χ1v) is 13.0. The van der Waals surface area contributed by atoms with Crippen LogP contribution in [0.2, 0.25) is 5.02 Å². The van der Waals surface area contributed by atoms with Gasteiger partial charge in [0, 0.05) is 43.4 Å². The van der Waals surface area contributed by atoms with Gasteiger partial charge in [0.2, 0.25) is 11.8 Å². The highest BCUT2D eigenvalue weighted by molar-refractivity contribution is 6.30. The highest BCUT2D eigenvalue weighted by Gasteiger charge is 2.24. The molecule has 1 saturated heterocycles. The van der Waals surface area contributed by atoms with E-state index in [9.17, 15) is 5.11 Å². The summed E-state index contributed by atoms with van der Waals surface area (Å²) in [5, 5.41) is 16.3. The van der Waals surface area contributed by atoms with E-state index in [0.717, 1.165) is 49.2 Å². The number of nitrogens with zero attached hydrogens (tertiary/aromatic N) is 5. The van der Waals surface area contributed by atoms with Crippen LogP contribution in [0.4, 0.5) is 11.8 Å². The molecule has 8 heteroatoms. The smallest absolute Gasteiger partial charge is 0.228 e. The number of aromatic nitrogens is 3. The first-order valence-electron chi connectivity index (χ1n) is 12.6. The number of halogens is 1. The minimum Gasteiger partial charge on any atom is -0.493 e. The molecule has 2 N–H and O–H groups in total. The van der Waals surface area contributed by atoms with Gasteiger partial charge in [-0.1, -0.05) is 61.0 Å². The van der Waals surface area contributed by atoms with Gasteiger partial charge in [0.15, 0.2) is 0 Å². The zero-order valence-electron chi connectivity index (χ0n) is 21.0. The second-order valence-corrected chi connectivity index (χ2v) is 9.99. The van der Waals surface area contributed by atoms with Gasteiger partial charge in [-0.25, -0.2) is 4.98 Å². The maximum absolute atomic E-state index is 11.1. The third-order valence-corrected chi connectivity index (χ3v) is 7.19. The number of likely N-dealkylation sites (N-methyl/N-ethyl adjacent to an activating group) is 1. The number of piperazine rings is 1. The third kappa shape index (κ3) is 4.86. The second kappa shape index (κ2) is 10.4. The molecule has 36 heavy (non-hydrogen) atoms. The Morgan fingerprint density at radius 3 is 2.25 bits per heavy atom. The summed E-state index contributed by atoms with van der Waals surface area (Å²) in [6, 6.07) is 18.1. The van der Waals surface area contributed by atoms with Crippen molar-refractivity contribution in [3.05, 3.63) is 76.9 Å². The van der Waals surface area contributed by atoms with Crippen LogP contribution in [-0.4, -0.2) is 57.3 Å². The van der Waals surface area contributed by atoms with Crippen molar-refractivity contribution in [3.8, 4) is 5.88 Å². The average Bonchev–Trinajstić information content (AvgIpc) is 3.25. The van der Waals surface area contributed by atoms with Crippen LogP contribution in [0.3, 0.4) is 0 Å². The maximum atomic E-state index is 11.1. The van der Waals surface area contributed by atoms with Crippen molar-refractivity contribution >= 4 is 34.3 Å². The molecule has 0 amide bonds. The molecule has 2 aromatic heterocycles. The normalized spacial score (nSPS) is 15.5. The second-order valence-electron chi connectivity index (χ2n) is 9.55.